The summed E-state index contributed by atoms with van der Waals surface area (Å²) < 4.78 is 41.1. The molecule has 3 aliphatic heterocycles. The van der Waals surface area contributed by atoms with Crippen molar-refractivity contribution in [1.82, 2.24) is 29.7 Å². The van der Waals surface area contributed by atoms with Gasteiger partial charge in [0.15, 0.2) is 5.03 Å². The Bertz CT molecular complexity index is 2030. The van der Waals surface area contributed by atoms with Crippen LogP contribution < -0.4 is 15.4 Å². The van der Waals surface area contributed by atoms with Crippen LogP contribution in [-0.2, 0) is 54.0 Å². The Morgan fingerprint density at radius 2 is 1.70 bits per heavy atom. The van der Waals surface area contributed by atoms with Crippen LogP contribution in [0.25, 0.3) is 0 Å². The molecule has 2 aromatic rings. The van der Waals surface area contributed by atoms with Crippen molar-refractivity contribution in [1.29, 1.82) is 0 Å². The molecule has 5 amide bonds. The number of hydrogen-bond donors (Lipinski definition) is 4. The first-order valence-electron chi connectivity index (χ1n) is 18.7. The van der Waals surface area contributed by atoms with E-state index in [2.05, 4.69) is 10.6 Å². The lowest BCUT2D eigenvalue weighted by Gasteiger charge is -2.30. The average molecular weight is 797 g/mol. The summed E-state index contributed by atoms with van der Waals surface area (Å²) in [5.74, 6) is -4.41. The van der Waals surface area contributed by atoms with Crippen molar-refractivity contribution >= 4 is 45.9 Å². The Morgan fingerprint density at radius 3 is 2.34 bits per heavy atom. The summed E-state index contributed by atoms with van der Waals surface area (Å²) in [4.78, 5) is 83.4. The van der Waals surface area contributed by atoms with Crippen molar-refractivity contribution in [3.05, 3.63) is 65.4 Å². The lowest BCUT2D eigenvalue weighted by Crippen LogP contribution is -2.58. The number of carboxylic acids is 1. The number of benzene rings is 1. The van der Waals surface area contributed by atoms with Gasteiger partial charge in [-0.2, -0.15) is 8.42 Å². The second-order valence-corrected chi connectivity index (χ2v) is 17.4. The third-order valence-corrected chi connectivity index (χ3v) is 11.9. The van der Waals surface area contributed by atoms with Crippen molar-refractivity contribution in [3.8, 4) is 0 Å². The van der Waals surface area contributed by atoms with Gasteiger partial charge in [-0.3, -0.25) is 19.3 Å². The second-order valence-electron chi connectivity index (χ2n) is 15.8. The minimum atomic E-state index is -4.61. The number of ether oxygens (including phenoxy) is 2. The van der Waals surface area contributed by atoms with Crippen molar-refractivity contribution in [2.24, 2.45) is 13.0 Å². The number of amides is 5. The first-order valence-corrected chi connectivity index (χ1v) is 20.1. The average Bonchev–Trinajstić information content (AvgIpc) is 3.44. The molecule has 0 radical (unpaired) electrons. The van der Waals surface area contributed by atoms with E-state index in [4.69, 9.17) is 9.47 Å². The summed E-state index contributed by atoms with van der Waals surface area (Å²) in [5.41, 5.74) is -0.961. The molecule has 0 unspecified atom stereocenters. The fraction of sp³-hybridized carbons (Fsp3) is 0.526. The van der Waals surface area contributed by atoms with E-state index in [0.717, 1.165) is 27.8 Å². The molecule has 1 aliphatic carbocycles. The highest BCUT2D eigenvalue weighted by atomic mass is 32.2. The van der Waals surface area contributed by atoms with Crippen molar-refractivity contribution in [2.45, 2.75) is 113 Å². The number of nitrogens with one attached hydrogen (secondary N) is 3. The molecule has 0 bridgehead atoms. The van der Waals surface area contributed by atoms with Crippen LogP contribution in [0, 0.1) is 5.92 Å². The second kappa shape index (κ2) is 15.6. The minimum absolute atomic E-state index is 0.0432. The van der Waals surface area contributed by atoms with Gasteiger partial charge in [-0.15, -0.1) is 0 Å². The number of alkyl carbamates (subject to hydrolysis) is 1. The Hall–Kier alpha value is -5.39. The first-order chi connectivity index (χ1) is 26.4. The molecule has 56 heavy (non-hydrogen) atoms. The summed E-state index contributed by atoms with van der Waals surface area (Å²) in [5, 5.41) is 14.4. The van der Waals surface area contributed by atoms with Crippen molar-refractivity contribution < 1.29 is 51.8 Å². The van der Waals surface area contributed by atoms with E-state index in [1.165, 1.54) is 16.8 Å². The number of aromatic carboxylic acids is 1. The summed E-state index contributed by atoms with van der Waals surface area (Å²) in [7, 11) is -3.38. The van der Waals surface area contributed by atoms with E-state index in [9.17, 15) is 42.3 Å². The van der Waals surface area contributed by atoms with Gasteiger partial charge in [-0.05, 0) is 69.7 Å². The van der Waals surface area contributed by atoms with Crippen molar-refractivity contribution in [3.63, 3.8) is 0 Å². The monoisotopic (exact) mass is 796 g/mol. The molecule has 6 rings (SSSR count). The van der Waals surface area contributed by atoms with Crippen LogP contribution in [0.15, 0.2) is 53.6 Å². The number of carboxylic acid groups (broad SMARTS) is 1. The number of nitrogens with zero attached hydrogens (tertiary/aromatic N) is 3. The highest BCUT2D eigenvalue weighted by Crippen LogP contribution is 2.46. The summed E-state index contributed by atoms with van der Waals surface area (Å²) in [6, 6.07) is 7.37. The fourth-order valence-corrected chi connectivity index (χ4v) is 8.77. The summed E-state index contributed by atoms with van der Waals surface area (Å²) in [6.45, 7) is 5.52. The topological polar surface area (TPSA) is 223 Å². The van der Waals surface area contributed by atoms with E-state index in [1.54, 1.807) is 26.8 Å². The van der Waals surface area contributed by atoms with Gasteiger partial charge in [0.25, 0.3) is 15.9 Å². The highest BCUT2D eigenvalue weighted by molar-refractivity contribution is 7.90. The molecule has 4 N–H and O–H groups in total. The normalized spacial score (nSPS) is 26.0. The Morgan fingerprint density at radius 1 is 1.00 bits per heavy atom. The number of aromatic nitrogens is 1. The summed E-state index contributed by atoms with van der Waals surface area (Å²) >= 11 is 0. The number of allylic oxidation sites excluding steroid dienone is 1. The van der Waals surface area contributed by atoms with E-state index >= 15 is 0 Å². The van der Waals surface area contributed by atoms with E-state index < -0.39 is 86.2 Å². The quantitative estimate of drug-likeness (QED) is 0.311. The van der Waals surface area contributed by atoms with Crippen LogP contribution >= 0.6 is 0 Å². The molecule has 0 spiro atoms. The molecule has 1 saturated carbocycles. The number of sulfonamides is 1. The van der Waals surface area contributed by atoms with Crippen LogP contribution in [-0.4, -0.2) is 99.6 Å². The highest BCUT2D eigenvalue weighted by Gasteiger charge is 2.62. The zero-order valence-electron chi connectivity index (χ0n) is 31.8. The molecule has 4 aliphatic rings. The first kappa shape index (κ1) is 40.3. The maximum absolute atomic E-state index is 14.4. The van der Waals surface area contributed by atoms with Crippen LogP contribution in [0.2, 0.25) is 0 Å². The maximum atomic E-state index is 14.4. The molecule has 302 valence electrons. The number of hydrogen-bond acceptors (Lipinski definition) is 10. The smallest absolute Gasteiger partial charge is 0.410 e. The lowest BCUT2D eigenvalue weighted by atomic mass is 10.0. The molecular formula is C38H48N6O11S. The Labute approximate surface area is 324 Å². The molecule has 5 atom stereocenters. The number of fused-ring (bicyclic) bond motifs is 3. The third kappa shape index (κ3) is 8.69. The SMILES string of the molecule is Cn1c(C(=O)O)ccc1S(=O)(=O)NC(=O)[C@@]12C[C@H]1/C=C/CCCCC[C@H](NC(=O)OC(C)(C)C)C(=O)N1C[C@H](OC(=O)N3Cc4ccccc4C3)C[C@H]1C(=O)N2. The predicted molar refractivity (Wildman–Crippen MR) is 198 cm³/mol. The molecule has 1 saturated heterocycles. The molecule has 1 aromatic carbocycles. The standard InChI is InChI=1S/C38H48N6O11S/c1-37(2,3)55-35(50)39-27-15-9-7-5-6-8-14-25-19-38(25,34(49)41-56(52,53)30-17-16-28(33(47)48)42(30)4)40-31(45)29-18-26(22-44(29)32(27)46)54-36(51)43-20-23-12-10-11-13-24(23)21-43/h8,10-14,16-17,25-27,29H,5-7,9,15,18-22H2,1-4H3,(H,39,50)(H,40,45)(H,41,49)(H,47,48)/b14-8+/t25-,26-,27+,29+,38-/m1/s1. The molecule has 2 fully saturated rings. The largest absolute Gasteiger partial charge is 0.477 e. The number of carbonyl (C=O) groups is 6. The van der Waals surface area contributed by atoms with Gasteiger partial charge in [0.1, 0.15) is 35.0 Å². The zero-order chi connectivity index (χ0) is 40.6. The van der Waals surface area contributed by atoms with Crippen LogP contribution in [0.3, 0.4) is 0 Å². The van der Waals surface area contributed by atoms with E-state index in [0.29, 0.717) is 38.8 Å². The molecule has 17 nitrogen and oxygen atoms in total. The molecular weight excluding hydrogens is 749 g/mol. The van der Waals surface area contributed by atoms with Gasteiger partial charge in [0, 0.05) is 32.5 Å². The number of carbonyl (C=O) groups excluding carboxylic acids is 5. The van der Waals surface area contributed by atoms with Gasteiger partial charge < -0.3 is 34.7 Å². The van der Waals surface area contributed by atoms with Crippen LogP contribution in [0.1, 0.15) is 87.3 Å². The predicted octanol–water partition coefficient (Wildman–Crippen LogP) is 2.94. The van der Waals surface area contributed by atoms with E-state index in [1.807, 2.05) is 35.1 Å². The minimum Gasteiger partial charge on any atom is -0.477 e. The molecule has 18 heteroatoms. The molecule has 4 heterocycles. The zero-order valence-corrected chi connectivity index (χ0v) is 32.6. The number of rotatable bonds is 6. The van der Waals surface area contributed by atoms with Gasteiger partial charge in [0.2, 0.25) is 11.8 Å². The van der Waals surface area contributed by atoms with Crippen LogP contribution in [0.5, 0.6) is 0 Å². The third-order valence-electron chi connectivity index (χ3n) is 10.5. The summed E-state index contributed by atoms with van der Waals surface area (Å²) in [6.07, 6.45) is 3.90. The van der Waals surface area contributed by atoms with Gasteiger partial charge in [-0.25, -0.2) is 19.1 Å². The Kier molecular flexibility index (Phi) is 11.2. The van der Waals surface area contributed by atoms with E-state index in [-0.39, 0.29) is 31.5 Å². The lowest BCUT2D eigenvalue weighted by molar-refractivity contribution is -0.141. The van der Waals surface area contributed by atoms with Gasteiger partial charge in [0.05, 0.1) is 6.54 Å². The Balaban J connectivity index is 1.27. The molecule has 1 aromatic heterocycles. The van der Waals surface area contributed by atoms with Gasteiger partial charge in [-0.1, -0.05) is 49.3 Å². The van der Waals surface area contributed by atoms with Crippen molar-refractivity contribution in [2.75, 3.05) is 6.54 Å². The van der Waals surface area contributed by atoms with Gasteiger partial charge >= 0.3 is 18.2 Å². The van der Waals surface area contributed by atoms with Crippen LogP contribution in [0.4, 0.5) is 9.59 Å². The maximum Gasteiger partial charge on any atom is 0.410 e. The fourth-order valence-electron chi connectivity index (χ4n) is 7.54.